The van der Waals surface area contributed by atoms with Gasteiger partial charge in [0.1, 0.15) is 17.3 Å². The quantitative estimate of drug-likeness (QED) is 0.431. The van der Waals surface area contributed by atoms with Crippen LogP contribution in [0.1, 0.15) is 36.2 Å². The van der Waals surface area contributed by atoms with Crippen LogP contribution in [0.3, 0.4) is 0 Å². The van der Waals surface area contributed by atoms with Crippen LogP contribution in [0.25, 0.3) is 10.9 Å². The van der Waals surface area contributed by atoms with Crippen molar-refractivity contribution in [1.82, 2.24) is 24.3 Å². The number of benzene rings is 2. The van der Waals surface area contributed by atoms with Gasteiger partial charge in [-0.15, -0.1) is 0 Å². The predicted molar refractivity (Wildman–Crippen MR) is 131 cm³/mol. The summed E-state index contributed by atoms with van der Waals surface area (Å²) in [5.41, 5.74) is 3.03. The zero-order chi connectivity index (χ0) is 24.2. The minimum atomic E-state index is -0.947. The first-order chi connectivity index (χ1) is 17.1. The highest BCUT2D eigenvalue weighted by atomic mass is 16.5. The van der Waals surface area contributed by atoms with Crippen LogP contribution >= 0.6 is 0 Å². The fourth-order valence-corrected chi connectivity index (χ4v) is 5.72. The van der Waals surface area contributed by atoms with Crippen LogP contribution in [-0.2, 0) is 17.8 Å². The van der Waals surface area contributed by atoms with Crippen LogP contribution in [0.4, 0.5) is 4.79 Å². The van der Waals surface area contributed by atoms with Crippen molar-refractivity contribution >= 4 is 22.8 Å². The van der Waals surface area contributed by atoms with Crippen molar-refractivity contribution in [2.75, 3.05) is 13.7 Å². The predicted octanol–water partition coefficient (Wildman–Crippen LogP) is 4.13. The number of carbonyl (C=O) groups is 2. The van der Waals surface area contributed by atoms with Crippen LogP contribution in [-0.4, -0.2) is 55.5 Å². The van der Waals surface area contributed by atoms with Crippen molar-refractivity contribution in [1.29, 1.82) is 0 Å². The normalized spacial score (nSPS) is 21.5. The Morgan fingerprint density at radius 3 is 2.69 bits per heavy atom. The first-order valence-electron chi connectivity index (χ1n) is 11.9. The molecular formula is C27H27N5O3. The van der Waals surface area contributed by atoms with E-state index >= 15 is 0 Å². The van der Waals surface area contributed by atoms with Crippen LogP contribution in [0.15, 0.2) is 67.3 Å². The number of urea groups is 1. The third-order valence-electron chi connectivity index (χ3n) is 7.53. The number of hydrogen-bond acceptors (Lipinski definition) is 4. The van der Waals surface area contributed by atoms with Crippen molar-refractivity contribution in [3.05, 3.63) is 84.1 Å². The second-order valence-corrected chi connectivity index (χ2v) is 9.21. The molecule has 0 radical (unpaired) electrons. The lowest BCUT2D eigenvalue weighted by molar-refractivity contribution is -0.134. The molecule has 178 valence electrons. The lowest BCUT2D eigenvalue weighted by atomic mass is 9.78. The maximum Gasteiger partial charge on any atom is 0.328 e. The molecule has 1 fully saturated rings. The van der Waals surface area contributed by atoms with E-state index < -0.39 is 11.6 Å². The molecule has 4 heterocycles. The van der Waals surface area contributed by atoms with E-state index in [2.05, 4.69) is 9.97 Å². The maximum atomic E-state index is 14.0. The molecule has 3 amide bonds. The van der Waals surface area contributed by atoms with E-state index in [0.717, 1.165) is 33.5 Å². The Balaban J connectivity index is 1.51. The van der Waals surface area contributed by atoms with E-state index in [1.165, 1.54) is 4.90 Å². The summed E-state index contributed by atoms with van der Waals surface area (Å²) >= 11 is 0. The Kier molecular flexibility index (Phi) is 4.91. The van der Waals surface area contributed by atoms with E-state index in [4.69, 9.17) is 4.74 Å². The molecule has 1 N–H and O–H groups in total. The van der Waals surface area contributed by atoms with Gasteiger partial charge in [0.25, 0.3) is 5.91 Å². The molecule has 1 saturated heterocycles. The van der Waals surface area contributed by atoms with Gasteiger partial charge in [0.15, 0.2) is 0 Å². The van der Waals surface area contributed by atoms with E-state index in [9.17, 15) is 9.59 Å². The topological polar surface area (TPSA) is 83.5 Å². The highest BCUT2D eigenvalue weighted by Crippen LogP contribution is 2.50. The number of rotatable bonds is 6. The van der Waals surface area contributed by atoms with E-state index in [-0.39, 0.29) is 11.9 Å². The van der Waals surface area contributed by atoms with Crippen LogP contribution in [0.5, 0.6) is 5.75 Å². The van der Waals surface area contributed by atoms with Gasteiger partial charge in [-0.3, -0.25) is 14.6 Å². The third-order valence-corrected chi connectivity index (χ3v) is 7.53. The highest BCUT2D eigenvalue weighted by Gasteiger charge is 2.61. The van der Waals surface area contributed by atoms with Crippen LogP contribution < -0.4 is 4.74 Å². The van der Waals surface area contributed by atoms with Crippen molar-refractivity contribution in [3.63, 3.8) is 0 Å². The minimum Gasteiger partial charge on any atom is -0.497 e. The number of hydrogen-bond donors (Lipinski definition) is 1. The Hall–Kier alpha value is -4.07. The fourth-order valence-electron chi connectivity index (χ4n) is 5.72. The number of nitrogens with zero attached hydrogens (tertiary/aromatic N) is 4. The number of nitrogens with one attached hydrogen (secondary N) is 1. The molecule has 8 nitrogen and oxygen atoms in total. The molecule has 0 aliphatic carbocycles. The molecule has 0 bridgehead atoms. The number of aromatic amines is 1. The summed E-state index contributed by atoms with van der Waals surface area (Å²) in [7, 11) is 1.65. The van der Waals surface area contributed by atoms with Gasteiger partial charge in [-0.25, -0.2) is 9.78 Å². The van der Waals surface area contributed by atoms with Crippen molar-refractivity contribution in [2.24, 2.45) is 0 Å². The molecule has 2 unspecified atom stereocenters. The molecule has 6 rings (SSSR count). The zero-order valence-corrected chi connectivity index (χ0v) is 19.8. The molecular weight excluding hydrogens is 442 g/mol. The number of aromatic nitrogens is 3. The summed E-state index contributed by atoms with van der Waals surface area (Å²) in [5.74, 6) is 0.633. The van der Waals surface area contributed by atoms with Crippen molar-refractivity contribution in [2.45, 2.75) is 37.9 Å². The summed E-state index contributed by atoms with van der Waals surface area (Å²) < 4.78 is 7.38. The highest BCUT2D eigenvalue weighted by molar-refractivity contribution is 6.08. The molecule has 2 aliphatic rings. The van der Waals surface area contributed by atoms with Gasteiger partial charge in [-0.05, 0) is 35.7 Å². The molecule has 2 atom stereocenters. The molecule has 2 aromatic heterocycles. The summed E-state index contributed by atoms with van der Waals surface area (Å²) in [6.45, 7) is 2.81. The second-order valence-electron chi connectivity index (χ2n) is 9.21. The van der Waals surface area contributed by atoms with E-state index in [1.54, 1.807) is 19.6 Å². The van der Waals surface area contributed by atoms with Gasteiger partial charge >= 0.3 is 6.03 Å². The first-order valence-corrected chi connectivity index (χ1v) is 11.9. The average Bonchev–Trinajstić information content (AvgIpc) is 3.59. The number of ether oxygens (including phenoxy) is 1. The van der Waals surface area contributed by atoms with Crippen LogP contribution in [0.2, 0.25) is 0 Å². The smallest absolute Gasteiger partial charge is 0.328 e. The second kappa shape index (κ2) is 8.01. The molecule has 35 heavy (non-hydrogen) atoms. The SMILES string of the molecule is CCC12Cc3c([nH]c4ccc(OC)cc34)C(c3ccccc3)N1C(=O)N(CCn1ccnc1)C2=O. The van der Waals surface area contributed by atoms with E-state index in [1.807, 2.05) is 71.1 Å². The standard InChI is InChI=1S/C27H27N5O3/c1-3-27-16-21-20-15-19(35-2)9-10-22(20)29-23(21)24(18-7-5-4-6-8-18)32(27)26(34)31(25(27)33)14-13-30-12-11-28-17-30/h4-12,15,17,24,29H,3,13-14,16H2,1-2H3. The number of methoxy groups -OCH3 is 1. The zero-order valence-electron chi connectivity index (χ0n) is 19.8. The first kappa shape index (κ1) is 21.5. The number of H-pyrrole nitrogens is 1. The van der Waals surface area contributed by atoms with Gasteiger partial charge in [-0.1, -0.05) is 37.3 Å². The van der Waals surface area contributed by atoms with Crippen LogP contribution in [0, 0.1) is 0 Å². The molecule has 2 aliphatic heterocycles. The number of amides is 3. The number of carbonyl (C=O) groups excluding carboxylic acids is 2. The molecule has 0 spiro atoms. The Bertz CT molecular complexity index is 1410. The van der Waals surface area contributed by atoms with Gasteiger partial charge in [0.05, 0.1) is 13.4 Å². The molecule has 4 aromatic rings. The summed E-state index contributed by atoms with van der Waals surface area (Å²) in [6.07, 6.45) is 6.22. The van der Waals surface area contributed by atoms with Gasteiger partial charge in [0, 0.05) is 48.5 Å². The van der Waals surface area contributed by atoms with E-state index in [0.29, 0.717) is 25.9 Å². The average molecular weight is 470 g/mol. The maximum absolute atomic E-state index is 14.0. The third kappa shape index (κ3) is 3.09. The Labute approximate surface area is 203 Å². The fraction of sp³-hybridized carbons (Fsp3) is 0.296. The lowest BCUT2D eigenvalue weighted by Crippen LogP contribution is -2.55. The van der Waals surface area contributed by atoms with Gasteiger partial charge in [-0.2, -0.15) is 0 Å². The van der Waals surface area contributed by atoms with Gasteiger partial charge < -0.3 is 14.3 Å². The van der Waals surface area contributed by atoms with Crippen molar-refractivity contribution < 1.29 is 14.3 Å². The van der Waals surface area contributed by atoms with Crippen molar-refractivity contribution in [3.8, 4) is 5.75 Å². The summed E-state index contributed by atoms with van der Waals surface area (Å²) in [6, 6.07) is 15.3. The molecule has 0 saturated carbocycles. The van der Waals surface area contributed by atoms with Gasteiger partial charge in [0.2, 0.25) is 0 Å². The Morgan fingerprint density at radius 1 is 1.14 bits per heavy atom. The lowest BCUT2D eigenvalue weighted by Gasteiger charge is -2.44. The minimum absolute atomic E-state index is 0.131. The number of imidazole rings is 1. The number of imide groups is 1. The number of fused-ring (bicyclic) bond motifs is 4. The molecule has 2 aromatic carbocycles. The summed E-state index contributed by atoms with van der Waals surface area (Å²) in [4.78, 5) is 38.9. The Morgan fingerprint density at radius 2 is 1.97 bits per heavy atom. The monoisotopic (exact) mass is 469 g/mol. The summed E-state index contributed by atoms with van der Waals surface area (Å²) in [5, 5.41) is 1.03. The largest absolute Gasteiger partial charge is 0.497 e. The molecule has 8 heteroatoms.